The van der Waals surface area contributed by atoms with Crippen LogP contribution in [0.5, 0.6) is 11.5 Å². The maximum absolute atomic E-state index is 11.1. The van der Waals surface area contributed by atoms with Gasteiger partial charge in [-0.25, -0.2) is 0 Å². The number of nitrogens with zero attached hydrogens (tertiary/aromatic N) is 1. The molecule has 2 aromatic heterocycles. The third kappa shape index (κ3) is 5.16. The highest BCUT2D eigenvalue weighted by atomic mass is 32.1. The SMILES string of the molecule is CC#C[C@@H](CC(=O)O)c1ccc(OCc2ccc3scc(-c4ccncc4OC)c3c2)cc1. The molecule has 166 valence electrons. The normalized spacial score (nSPS) is 11.5. The van der Waals surface area contributed by atoms with Gasteiger partial charge in [-0.1, -0.05) is 24.1 Å². The number of hydrogen-bond acceptors (Lipinski definition) is 5. The molecule has 1 atom stereocenters. The summed E-state index contributed by atoms with van der Waals surface area (Å²) in [6.45, 7) is 2.14. The average molecular weight is 458 g/mol. The monoisotopic (exact) mass is 457 g/mol. The molecule has 0 aliphatic carbocycles. The van der Waals surface area contributed by atoms with Crippen molar-refractivity contribution >= 4 is 27.4 Å². The van der Waals surface area contributed by atoms with Gasteiger partial charge in [0.2, 0.25) is 0 Å². The van der Waals surface area contributed by atoms with Crippen molar-refractivity contribution in [3.63, 3.8) is 0 Å². The maximum atomic E-state index is 11.1. The molecule has 33 heavy (non-hydrogen) atoms. The highest BCUT2D eigenvalue weighted by molar-refractivity contribution is 7.17. The Kier molecular flexibility index (Phi) is 6.92. The van der Waals surface area contributed by atoms with Gasteiger partial charge in [0.25, 0.3) is 0 Å². The number of thiophene rings is 1. The fourth-order valence-electron chi connectivity index (χ4n) is 3.70. The number of methoxy groups -OCH3 is 1. The third-order valence-corrected chi connectivity index (χ3v) is 6.28. The molecule has 0 radical (unpaired) electrons. The van der Waals surface area contributed by atoms with Crippen LogP contribution in [-0.4, -0.2) is 23.2 Å². The molecular weight excluding hydrogens is 434 g/mol. The van der Waals surface area contributed by atoms with E-state index >= 15 is 0 Å². The van der Waals surface area contributed by atoms with Crippen LogP contribution in [0.4, 0.5) is 0 Å². The Bertz CT molecular complexity index is 1330. The third-order valence-electron chi connectivity index (χ3n) is 5.32. The molecule has 5 nitrogen and oxygen atoms in total. The van der Waals surface area contributed by atoms with E-state index in [1.54, 1.807) is 37.8 Å². The summed E-state index contributed by atoms with van der Waals surface area (Å²) in [5.41, 5.74) is 4.05. The van der Waals surface area contributed by atoms with Gasteiger partial charge in [0.1, 0.15) is 18.1 Å². The van der Waals surface area contributed by atoms with Crippen LogP contribution in [0, 0.1) is 11.8 Å². The second-order valence-electron chi connectivity index (χ2n) is 7.46. The van der Waals surface area contributed by atoms with E-state index in [1.165, 1.54) is 4.70 Å². The predicted molar refractivity (Wildman–Crippen MR) is 131 cm³/mol. The van der Waals surface area contributed by atoms with E-state index in [2.05, 4.69) is 40.4 Å². The zero-order chi connectivity index (χ0) is 23.2. The lowest BCUT2D eigenvalue weighted by molar-refractivity contribution is -0.137. The molecule has 2 heterocycles. The molecule has 6 heteroatoms. The van der Waals surface area contributed by atoms with Crippen molar-refractivity contribution in [1.29, 1.82) is 0 Å². The Morgan fingerprint density at radius 2 is 1.97 bits per heavy atom. The smallest absolute Gasteiger partial charge is 0.304 e. The molecule has 0 spiro atoms. The zero-order valence-electron chi connectivity index (χ0n) is 18.4. The second-order valence-corrected chi connectivity index (χ2v) is 8.37. The maximum Gasteiger partial charge on any atom is 0.304 e. The van der Waals surface area contributed by atoms with Crippen LogP contribution < -0.4 is 9.47 Å². The van der Waals surface area contributed by atoms with E-state index in [0.717, 1.165) is 39.1 Å². The fraction of sp³-hybridized carbons (Fsp3) is 0.185. The highest BCUT2D eigenvalue weighted by Gasteiger charge is 2.14. The Labute approximate surface area is 196 Å². The summed E-state index contributed by atoms with van der Waals surface area (Å²) in [5, 5.41) is 12.4. The van der Waals surface area contributed by atoms with Gasteiger partial charge < -0.3 is 14.6 Å². The van der Waals surface area contributed by atoms with Crippen molar-refractivity contribution in [2.24, 2.45) is 0 Å². The lowest BCUT2D eigenvalue weighted by Crippen LogP contribution is -2.04. The number of benzene rings is 2. The number of carbonyl (C=O) groups is 1. The minimum absolute atomic E-state index is 0.0215. The fourth-order valence-corrected chi connectivity index (χ4v) is 4.65. The van der Waals surface area contributed by atoms with Crippen molar-refractivity contribution in [3.05, 3.63) is 77.4 Å². The number of carboxylic acid groups (broad SMARTS) is 1. The summed E-state index contributed by atoms with van der Waals surface area (Å²) in [7, 11) is 1.65. The largest absolute Gasteiger partial charge is 0.494 e. The Hall–Kier alpha value is -3.82. The number of rotatable bonds is 8. The molecule has 0 aliphatic heterocycles. The summed E-state index contributed by atoms with van der Waals surface area (Å²) in [4.78, 5) is 15.3. The summed E-state index contributed by atoms with van der Waals surface area (Å²) >= 11 is 1.69. The van der Waals surface area contributed by atoms with E-state index < -0.39 is 5.97 Å². The standard InChI is InChI=1S/C27H23NO4S/c1-3-4-20(14-27(29)30)19-6-8-21(9-7-19)32-16-18-5-10-26-23(13-18)24(17-33-26)22-11-12-28-15-25(22)31-2/h5-13,15,17,20H,14,16H2,1-2H3,(H,29,30)/t20-/m0/s1. The number of fused-ring (bicyclic) bond motifs is 1. The number of ether oxygens (including phenoxy) is 2. The molecule has 0 saturated carbocycles. The zero-order valence-corrected chi connectivity index (χ0v) is 19.2. The summed E-state index contributed by atoms with van der Waals surface area (Å²) in [6.07, 6.45) is 3.47. The first-order chi connectivity index (χ1) is 16.1. The van der Waals surface area contributed by atoms with Crippen LogP contribution in [0.25, 0.3) is 21.2 Å². The van der Waals surface area contributed by atoms with Gasteiger partial charge in [0, 0.05) is 27.4 Å². The van der Waals surface area contributed by atoms with Crippen LogP contribution in [0.15, 0.2) is 66.3 Å². The predicted octanol–water partition coefficient (Wildman–Crippen LogP) is 6.13. The van der Waals surface area contributed by atoms with E-state index in [4.69, 9.17) is 14.6 Å². The number of hydrogen-bond donors (Lipinski definition) is 1. The minimum Gasteiger partial charge on any atom is -0.494 e. The molecule has 0 unspecified atom stereocenters. The Morgan fingerprint density at radius 3 is 2.70 bits per heavy atom. The average Bonchev–Trinajstić information content (AvgIpc) is 3.25. The Morgan fingerprint density at radius 1 is 1.15 bits per heavy atom. The molecule has 0 fully saturated rings. The number of aromatic nitrogens is 1. The van der Waals surface area contributed by atoms with Crippen molar-refractivity contribution in [2.45, 2.75) is 25.9 Å². The molecular formula is C27H23NO4S. The lowest BCUT2D eigenvalue weighted by atomic mass is 9.96. The van der Waals surface area contributed by atoms with Crippen LogP contribution >= 0.6 is 11.3 Å². The summed E-state index contributed by atoms with van der Waals surface area (Å²) in [5.74, 6) is 6.05. The van der Waals surface area contributed by atoms with Gasteiger partial charge >= 0.3 is 5.97 Å². The molecule has 0 bridgehead atoms. The lowest BCUT2D eigenvalue weighted by Gasteiger charge is -2.11. The van der Waals surface area contributed by atoms with Gasteiger partial charge in [-0.05, 0) is 53.8 Å². The quantitative estimate of drug-likeness (QED) is 0.322. The van der Waals surface area contributed by atoms with Crippen LogP contribution in [0.2, 0.25) is 0 Å². The second kappa shape index (κ2) is 10.2. The van der Waals surface area contributed by atoms with E-state index in [-0.39, 0.29) is 12.3 Å². The summed E-state index contributed by atoms with van der Waals surface area (Å²) in [6, 6.07) is 15.8. The number of pyridine rings is 1. The number of aliphatic carboxylic acids is 1. The van der Waals surface area contributed by atoms with Crippen molar-refractivity contribution in [3.8, 4) is 34.5 Å². The van der Waals surface area contributed by atoms with Crippen molar-refractivity contribution in [1.82, 2.24) is 4.98 Å². The van der Waals surface area contributed by atoms with Gasteiger partial charge in [0.05, 0.1) is 25.6 Å². The molecule has 0 aliphatic rings. The first kappa shape index (κ1) is 22.4. The van der Waals surface area contributed by atoms with Crippen LogP contribution in [-0.2, 0) is 11.4 Å². The van der Waals surface area contributed by atoms with Gasteiger partial charge in [-0.3, -0.25) is 9.78 Å². The van der Waals surface area contributed by atoms with E-state index in [9.17, 15) is 4.79 Å². The van der Waals surface area contributed by atoms with E-state index in [1.807, 2.05) is 30.3 Å². The highest BCUT2D eigenvalue weighted by Crippen LogP contribution is 2.38. The molecule has 0 saturated heterocycles. The van der Waals surface area contributed by atoms with Crippen LogP contribution in [0.3, 0.4) is 0 Å². The van der Waals surface area contributed by atoms with Crippen molar-refractivity contribution < 1.29 is 19.4 Å². The first-order valence-corrected chi connectivity index (χ1v) is 11.3. The number of carboxylic acids is 1. The summed E-state index contributed by atoms with van der Waals surface area (Å²) < 4.78 is 12.7. The molecule has 4 rings (SSSR count). The molecule has 1 N–H and O–H groups in total. The van der Waals surface area contributed by atoms with E-state index in [0.29, 0.717) is 6.61 Å². The minimum atomic E-state index is -0.865. The van der Waals surface area contributed by atoms with Crippen molar-refractivity contribution in [2.75, 3.05) is 7.11 Å². The van der Waals surface area contributed by atoms with Gasteiger partial charge in [-0.15, -0.1) is 17.3 Å². The molecule has 2 aromatic carbocycles. The molecule has 4 aromatic rings. The van der Waals surface area contributed by atoms with Gasteiger partial charge in [-0.2, -0.15) is 0 Å². The first-order valence-electron chi connectivity index (χ1n) is 10.4. The molecule has 0 amide bonds. The van der Waals surface area contributed by atoms with Gasteiger partial charge in [0.15, 0.2) is 0 Å². The topological polar surface area (TPSA) is 68.7 Å². The van der Waals surface area contributed by atoms with Crippen LogP contribution in [0.1, 0.15) is 30.4 Å². The Balaban J connectivity index is 1.52.